The maximum Gasteiger partial charge on any atom is 0.248 e. The second kappa shape index (κ2) is 5.58. The van der Waals surface area contributed by atoms with Gasteiger partial charge in [-0.1, -0.05) is 12.1 Å². The smallest absolute Gasteiger partial charge is 0.248 e. The lowest BCUT2D eigenvalue weighted by Crippen LogP contribution is -2.30. The Bertz CT molecular complexity index is 465. The van der Waals surface area contributed by atoms with Gasteiger partial charge in [-0.05, 0) is 26.0 Å². The van der Waals surface area contributed by atoms with Gasteiger partial charge in [0.25, 0.3) is 0 Å². The fourth-order valence-electron chi connectivity index (χ4n) is 1.91. The number of likely N-dealkylation sites (N-methyl/N-ethyl adjacent to an activating group) is 1. The van der Waals surface area contributed by atoms with Crippen molar-refractivity contribution in [3.63, 3.8) is 0 Å². The fraction of sp³-hybridized carbons (Fsp3) is 0.357. The molecule has 0 radical (unpaired) electrons. The largest absolute Gasteiger partial charge is 0.485 e. The Kier molecular flexibility index (Phi) is 3.87. The van der Waals surface area contributed by atoms with Crippen LogP contribution in [0.15, 0.2) is 36.0 Å². The van der Waals surface area contributed by atoms with E-state index in [1.54, 1.807) is 11.0 Å². The molecular formula is C14H18N2O2. The van der Waals surface area contributed by atoms with Crippen LogP contribution in [0.2, 0.25) is 0 Å². The highest BCUT2D eigenvalue weighted by molar-refractivity contribution is 5.89. The predicted octanol–water partition coefficient (Wildman–Crippen LogP) is 2.24. The molecule has 1 amide bonds. The van der Waals surface area contributed by atoms with Gasteiger partial charge in [0.2, 0.25) is 5.91 Å². The van der Waals surface area contributed by atoms with Crippen LogP contribution in [0.3, 0.4) is 0 Å². The van der Waals surface area contributed by atoms with Crippen LogP contribution in [0, 0.1) is 0 Å². The topological polar surface area (TPSA) is 41.6 Å². The van der Waals surface area contributed by atoms with Crippen molar-refractivity contribution in [1.82, 2.24) is 4.90 Å². The first-order valence-electron chi connectivity index (χ1n) is 6.23. The van der Waals surface area contributed by atoms with E-state index in [9.17, 15) is 4.79 Å². The molecule has 0 atom stereocenters. The molecule has 0 saturated carbocycles. The standard InChI is InChI=1S/C14H18N2O2/c1-3-16(4-2)14(17)9-11-10-18-13-8-6-5-7-12(13)15-11/h5-9,15H,3-4,10H2,1-2H3/b11-9-. The van der Waals surface area contributed by atoms with Gasteiger partial charge in [0, 0.05) is 19.2 Å². The Balaban J connectivity index is 2.11. The summed E-state index contributed by atoms with van der Waals surface area (Å²) in [6, 6.07) is 7.70. The number of ether oxygens (including phenoxy) is 1. The Morgan fingerprint density at radius 3 is 2.83 bits per heavy atom. The minimum absolute atomic E-state index is 0.0190. The SMILES string of the molecule is CCN(CC)C(=O)/C=C1/COc2ccccc2N1. The summed E-state index contributed by atoms with van der Waals surface area (Å²) in [6.07, 6.45) is 1.61. The number of carbonyl (C=O) groups excluding carboxylic acids is 1. The number of nitrogens with zero attached hydrogens (tertiary/aromatic N) is 1. The number of para-hydroxylation sites is 2. The number of fused-ring (bicyclic) bond motifs is 1. The lowest BCUT2D eigenvalue weighted by atomic mass is 10.2. The molecule has 0 saturated heterocycles. The molecule has 0 aliphatic carbocycles. The van der Waals surface area contributed by atoms with Gasteiger partial charge in [-0.2, -0.15) is 0 Å². The molecule has 0 fully saturated rings. The molecule has 0 bridgehead atoms. The Labute approximate surface area is 107 Å². The molecule has 1 N–H and O–H groups in total. The van der Waals surface area contributed by atoms with Crippen LogP contribution < -0.4 is 10.1 Å². The van der Waals surface area contributed by atoms with E-state index >= 15 is 0 Å². The first kappa shape index (κ1) is 12.5. The van der Waals surface area contributed by atoms with Crippen molar-refractivity contribution in [1.29, 1.82) is 0 Å². The molecule has 0 unspecified atom stereocenters. The monoisotopic (exact) mass is 246 g/mol. The van der Waals surface area contributed by atoms with Gasteiger partial charge in [-0.15, -0.1) is 0 Å². The normalized spacial score (nSPS) is 15.6. The van der Waals surface area contributed by atoms with Gasteiger partial charge in [-0.25, -0.2) is 0 Å². The number of benzene rings is 1. The molecule has 1 aliphatic rings. The van der Waals surface area contributed by atoms with E-state index in [-0.39, 0.29) is 5.91 Å². The van der Waals surface area contributed by atoms with E-state index in [1.807, 2.05) is 38.1 Å². The summed E-state index contributed by atoms with van der Waals surface area (Å²) in [5, 5.41) is 3.22. The number of rotatable bonds is 3. The van der Waals surface area contributed by atoms with Crippen LogP contribution in [0.5, 0.6) is 5.75 Å². The van der Waals surface area contributed by atoms with Gasteiger partial charge >= 0.3 is 0 Å². The second-order valence-corrected chi connectivity index (χ2v) is 4.09. The Morgan fingerprint density at radius 2 is 2.11 bits per heavy atom. The van der Waals surface area contributed by atoms with Gasteiger partial charge in [0.1, 0.15) is 12.4 Å². The van der Waals surface area contributed by atoms with E-state index < -0.39 is 0 Å². The van der Waals surface area contributed by atoms with Crippen LogP contribution >= 0.6 is 0 Å². The Hall–Kier alpha value is -1.97. The number of anilines is 1. The molecule has 0 aromatic heterocycles. The summed E-state index contributed by atoms with van der Waals surface area (Å²) >= 11 is 0. The van der Waals surface area contributed by atoms with E-state index in [0.717, 1.165) is 30.2 Å². The second-order valence-electron chi connectivity index (χ2n) is 4.09. The van der Waals surface area contributed by atoms with Gasteiger partial charge < -0.3 is 15.0 Å². The molecule has 1 aromatic carbocycles. The van der Waals surface area contributed by atoms with Crippen molar-refractivity contribution >= 4 is 11.6 Å². The third kappa shape index (κ3) is 2.64. The van der Waals surface area contributed by atoms with Gasteiger partial charge in [0.15, 0.2) is 0 Å². The molecule has 18 heavy (non-hydrogen) atoms. The van der Waals surface area contributed by atoms with Gasteiger partial charge in [0.05, 0.1) is 11.4 Å². The van der Waals surface area contributed by atoms with E-state index in [1.165, 1.54) is 0 Å². The average molecular weight is 246 g/mol. The number of carbonyl (C=O) groups is 1. The van der Waals surface area contributed by atoms with Gasteiger partial charge in [-0.3, -0.25) is 4.79 Å². The van der Waals surface area contributed by atoms with Crippen LogP contribution in [0.1, 0.15) is 13.8 Å². The van der Waals surface area contributed by atoms with Crippen molar-refractivity contribution in [2.75, 3.05) is 25.0 Å². The minimum Gasteiger partial charge on any atom is -0.485 e. The zero-order chi connectivity index (χ0) is 13.0. The van der Waals surface area contributed by atoms with Crippen molar-refractivity contribution in [3.8, 4) is 5.75 Å². The van der Waals surface area contributed by atoms with E-state index in [4.69, 9.17) is 4.74 Å². The summed E-state index contributed by atoms with van der Waals surface area (Å²) in [5.74, 6) is 0.843. The third-order valence-electron chi connectivity index (χ3n) is 2.94. The fourth-order valence-corrected chi connectivity index (χ4v) is 1.91. The van der Waals surface area contributed by atoms with Crippen LogP contribution in [-0.2, 0) is 4.79 Å². The zero-order valence-electron chi connectivity index (χ0n) is 10.8. The van der Waals surface area contributed by atoms with Crippen molar-refractivity contribution in [3.05, 3.63) is 36.0 Å². The number of hydrogen-bond acceptors (Lipinski definition) is 3. The first-order valence-corrected chi connectivity index (χ1v) is 6.23. The highest BCUT2D eigenvalue weighted by Gasteiger charge is 2.15. The van der Waals surface area contributed by atoms with Crippen LogP contribution in [0.4, 0.5) is 5.69 Å². The maximum absolute atomic E-state index is 11.9. The minimum atomic E-state index is 0.0190. The molecule has 2 rings (SSSR count). The molecule has 1 aliphatic heterocycles. The van der Waals surface area contributed by atoms with Crippen LogP contribution in [-0.4, -0.2) is 30.5 Å². The van der Waals surface area contributed by atoms with Crippen molar-refractivity contribution in [2.24, 2.45) is 0 Å². The molecule has 4 nitrogen and oxygen atoms in total. The number of hydrogen-bond donors (Lipinski definition) is 1. The molecule has 4 heteroatoms. The van der Waals surface area contributed by atoms with Crippen LogP contribution in [0.25, 0.3) is 0 Å². The summed E-state index contributed by atoms with van der Waals surface area (Å²) in [5.41, 5.74) is 1.70. The Morgan fingerprint density at radius 1 is 1.39 bits per heavy atom. The average Bonchev–Trinajstić information content (AvgIpc) is 2.40. The first-order chi connectivity index (χ1) is 8.74. The molecule has 1 aromatic rings. The highest BCUT2D eigenvalue weighted by atomic mass is 16.5. The maximum atomic E-state index is 11.9. The molecule has 1 heterocycles. The third-order valence-corrected chi connectivity index (χ3v) is 2.94. The van der Waals surface area contributed by atoms with E-state index in [2.05, 4.69) is 5.32 Å². The highest BCUT2D eigenvalue weighted by Crippen LogP contribution is 2.29. The van der Waals surface area contributed by atoms with Crippen molar-refractivity contribution in [2.45, 2.75) is 13.8 Å². The molecule has 96 valence electrons. The number of amides is 1. The predicted molar refractivity (Wildman–Crippen MR) is 71.6 cm³/mol. The molecular weight excluding hydrogens is 228 g/mol. The summed E-state index contributed by atoms with van der Waals surface area (Å²) < 4.78 is 5.58. The number of nitrogens with one attached hydrogen (secondary N) is 1. The van der Waals surface area contributed by atoms with E-state index in [0.29, 0.717) is 6.61 Å². The lowest BCUT2D eigenvalue weighted by Gasteiger charge is -2.23. The zero-order valence-corrected chi connectivity index (χ0v) is 10.8. The lowest BCUT2D eigenvalue weighted by molar-refractivity contribution is -0.125. The quantitative estimate of drug-likeness (QED) is 0.832. The summed E-state index contributed by atoms with van der Waals surface area (Å²) in [7, 11) is 0. The summed E-state index contributed by atoms with van der Waals surface area (Å²) in [4.78, 5) is 13.7. The summed E-state index contributed by atoms with van der Waals surface area (Å²) in [6.45, 7) is 5.79. The molecule has 0 spiro atoms. The van der Waals surface area contributed by atoms with Crippen molar-refractivity contribution < 1.29 is 9.53 Å².